The molecule has 1 aliphatic heterocycles. The molecule has 1 saturated carbocycles. The van der Waals surface area contributed by atoms with Crippen LogP contribution >= 0.6 is 0 Å². The minimum absolute atomic E-state index is 0.515. The molecule has 14 heavy (non-hydrogen) atoms. The molecule has 2 unspecified atom stereocenters. The van der Waals surface area contributed by atoms with Gasteiger partial charge in [-0.15, -0.1) is 0 Å². The Hall–Kier alpha value is -0.0800. The van der Waals surface area contributed by atoms with Gasteiger partial charge in [-0.1, -0.05) is 13.8 Å². The predicted molar refractivity (Wildman–Crippen MR) is 60.1 cm³/mol. The van der Waals surface area contributed by atoms with Crippen LogP contribution in [-0.4, -0.2) is 30.6 Å². The highest BCUT2D eigenvalue weighted by atomic mass is 15.1. The topological polar surface area (TPSA) is 29.3 Å². The van der Waals surface area contributed by atoms with Crippen LogP contribution in [0.2, 0.25) is 0 Å². The van der Waals surface area contributed by atoms with Gasteiger partial charge in [-0.25, -0.2) is 0 Å². The van der Waals surface area contributed by atoms with Crippen LogP contribution in [0.5, 0.6) is 0 Å². The molecule has 2 N–H and O–H groups in total. The highest BCUT2D eigenvalue weighted by Gasteiger charge is 2.30. The van der Waals surface area contributed by atoms with Crippen LogP contribution in [0, 0.1) is 17.8 Å². The van der Waals surface area contributed by atoms with Gasteiger partial charge in [0.15, 0.2) is 0 Å². The smallest absolute Gasteiger partial charge is 0.00450 e. The highest BCUT2D eigenvalue weighted by molar-refractivity contribution is 4.86. The quantitative estimate of drug-likeness (QED) is 0.728. The molecule has 2 aliphatic rings. The number of likely N-dealkylation sites (tertiary alicyclic amines) is 1. The average molecular weight is 196 g/mol. The molecular formula is C12H24N2. The van der Waals surface area contributed by atoms with E-state index >= 15 is 0 Å². The van der Waals surface area contributed by atoms with Gasteiger partial charge in [-0.2, -0.15) is 0 Å². The van der Waals surface area contributed by atoms with Crippen LogP contribution in [0.15, 0.2) is 0 Å². The van der Waals surface area contributed by atoms with Gasteiger partial charge >= 0.3 is 0 Å². The SMILES string of the molecule is CC1CCN(CC2CC(N)C2)CC1C. The summed E-state index contributed by atoms with van der Waals surface area (Å²) >= 11 is 0. The third kappa shape index (κ3) is 2.29. The molecule has 0 aromatic rings. The van der Waals surface area contributed by atoms with Crippen molar-refractivity contribution in [2.24, 2.45) is 23.5 Å². The Morgan fingerprint density at radius 2 is 1.93 bits per heavy atom. The van der Waals surface area contributed by atoms with E-state index in [9.17, 15) is 0 Å². The van der Waals surface area contributed by atoms with E-state index < -0.39 is 0 Å². The zero-order valence-electron chi connectivity index (χ0n) is 9.58. The lowest BCUT2D eigenvalue weighted by Gasteiger charge is -2.41. The first-order chi connectivity index (χ1) is 6.65. The first-order valence-electron chi connectivity index (χ1n) is 6.13. The van der Waals surface area contributed by atoms with Crippen molar-refractivity contribution >= 4 is 0 Å². The van der Waals surface area contributed by atoms with Gasteiger partial charge in [0.1, 0.15) is 0 Å². The Balaban J connectivity index is 1.71. The van der Waals surface area contributed by atoms with E-state index in [-0.39, 0.29) is 0 Å². The van der Waals surface area contributed by atoms with Gasteiger partial charge in [-0.05, 0) is 43.6 Å². The normalized spacial score (nSPS) is 44.8. The molecular weight excluding hydrogens is 172 g/mol. The first-order valence-corrected chi connectivity index (χ1v) is 6.13. The van der Waals surface area contributed by atoms with Crippen molar-refractivity contribution in [1.82, 2.24) is 4.90 Å². The average Bonchev–Trinajstić information content (AvgIpc) is 2.09. The molecule has 0 amide bonds. The van der Waals surface area contributed by atoms with Crippen molar-refractivity contribution in [3.05, 3.63) is 0 Å². The van der Waals surface area contributed by atoms with Crippen LogP contribution in [-0.2, 0) is 0 Å². The Kier molecular flexibility index (Phi) is 3.13. The molecule has 2 fully saturated rings. The standard InChI is InChI=1S/C12H24N2/c1-9-3-4-14(7-10(9)2)8-11-5-12(13)6-11/h9-12H,3-8,13H2,1-2H3. The van der Waals surface area contributed by atoms with E-state index in [0.29, 0.717) is 6.04 Å². The fraction of sp³-hybridized carbons (Fsp3) is 1.00. The van der Waals surface area contributed by atoms with Gasteiger partial charge < -0.3 is 10.6 Å². The summed E-state index contributed by atoms with van der Waals surface area (Å²) in [5.74, 6) is 2.72. The third-order valence-electron chi connectivity index (χ3n) is 4.21. The molecule has 2 atom stereocenters. The Labute approximate surface area is 87.8 Å². The molecule has 0 aromatic heterocycles. The molecule has 2 heteroatoms. The molecule has 1 heterocycles. The summed E-state index contributed by atoms with van der Waals surface area (Å²) in [5.41, 5.74) is 5.80. The first kappa shape index (κ1) is 10.4. The van der Waals surface area contributed by atoms with E-state index in [1.54, 1.807) is 0 Å². The van der Waals surface area contributed by atoms with Gasteiger partial charge in [0.2, 0.25) is 0 Å². The molecule has 2 nitrogen and oxygen atoms in total. The zero-order valence-corrected chi connectivity index (χ0v) is 9.58. The Morgan fingerprint density at radius 3 is 2.50 bits per heavy atom. The summed E-state index contributed by atoms with van der Waals surface area (Å²) in [7, 11) is 0. The molecule has 1 aliphatic carbocycles. The summed E-state index contributed by atoms with van der Waals surface area (Å²) in [4.78, 5) is 2.65. The molecule has 0 bridgehead atoms. The largest absolute Gasteiger partial charge is 0.328 e. The summed E-state index contributed by atoms with van der Waals surface area (Å²) in [6.45, 7) is 8.72. The number of hydrogen-bond acceptors (Lipinski definition) is 2. The molecule has 1 saturated heterocycles. The van der Waals surface area contributed by atoms with Crippen molar-refractivity contribution in [3.63, 3.8) is 0 Å². The number of piperidine rings is 1. The maximum Gasteiger partial charge on any atom is 0.00450 e. The Morgan fingerprint density at radius 1 is 1.21 bits per heavy atom. The second-order valence-electron chi connectivity index (χ2n) is 5.60. The lowest BCUT2D eigenvalue weighted by Crippen LogP contribution is -2.46. The van der Waals surface area contributed by atoms with Crippen molar-refractivity contribution in [3.8, 4) is 0 Å². The highest BCUT2D eigenvalue weighted by Crippen LogP contribution is 2.29. The van der Waals surface area contributed by atoms with Crippen LogP contribution in [0.1, 0.15) is 33.1 Å². The Bertz CT molecular complexity index is 187. The van der Waals surface area contributed by atoms with E-state index in [0.717, 1.165) is 17.8 Å². The minimum Gasteiger partial charge on any atom is -0.328 e. The van der Waals surface area contributed by atoms with Crippen molar-refractivity contribution < 1.29 is 0 Å². The van der Waals surface area contributed by atoms with Gasteiger partial charge in [-0.3, -0.25) is 0 Å². The summed E-state index contributed by atoms with van der Waals surface area (Å²) < 4.78 is 0. The van der Waals surface area contributed by atoms with E-state index in [1.807, 2.05) is 0 Å². The van der Waals surface area contributed by atoms with E-state index in [2.05, 4.69) is 18.7 Å². The maximum atomic E-state index is 5.80. The summed E-state index contributed by atoms with van der Waals surface area (Å²) in [5, 5.41) is 0. The number of hydrogen-bond donors (Lipinski definition) is 1. The summed E-state index contributed by atoms with van der Waals surface area (Å²) in [6.07, 6.45) is 3.92. The monoisotopic (exact) mass is 196 g/mol. The van der Waals surface area contributed by atoms with Gasteiger partial charge in [0.05, 0.1) is 0 Å². The maximum absolute atomic E-state index is 5.80. The lowest BCUT2D eigenvalue weighted by atomic mass is 9.79. The molecule has 2 rings (SSSR count). The molecule has 0 spiro atoms. The predicted octanol–water partition coefficient (Wildman–Crippen LogP) is 1.70. The zero-order chi connectivity index (χ0) is 10.1. The number of nitrogens with zero attached hydrogens (tertiary/aromatic N) is 1. The van der Waals surface area contributed by atoms with E-state index in [1.165, 1.54) is 38.9 Å². The molecule has 0 radical (unpaired) electrons. The second kappa shape index (κ2) is 4.19. The van der Waals surface area contributed by atoms with Crippen LogP contribution in [0.25, 0.3) is 0 Å². The fourth-order valence-corrected chi connectivity index (χ4v) is 2.82. The third-order valence-corrected chi connectivity index (χ3v) is 4.21. The summed E-state index contributed by atoms with van der Waals surface area (Å²) in [6, 6.07) is 0.515. The van der Waals surface area contributed by atoms with Crippen molar-refractivity contribution in [2.45, 2.75) is 39.2 Å². The lowest BCUT2D eigenvalue weighted by molar-refractivity contribution is 0.0940. The van der Waals surface area contributed by atoms with Crippen LogP contribution in [0.3, 0.4) is 0 Å². The van der Waals surface area contributed by atoms with Crippen molar-refractivity contribution in [2.75, 3.05) is 19.6 Å². The van der Waals surface area contributed by atoms with Gasteiger partial charge in [0, 0.05) is 19.1 Å². The second-order valence-corrected chi connectivity index (χ2v) is 5.60. The number of rotatable bonds is 2. The van der Waals surface area contributed by atoms with E-state index in [4.69, 9.17) is 5.73 Å². The van der Waals surface area contributed by atoms with Crippen LogP contribution in [0.4, 0.5) is 0 Å². The number of nitrogens with two attached hydrogens (primary N) is 1. The van der Waals surface area contributed by atoms with Crippen LogP contribution < -0.4 is 5.73 Å². The molecule has 82 valence electrons. The molecule has 0 aromatic carbocycles. The fourth-order valence-electron chi connectivity index (χ4n) is 2.82. The van der Waals surface area contributed by atoms with Crippen molar-refractivity contribution in [1.29, 1.82) is 0 Å². The minimum atomic E-state index is 0.515. The van der Waals surface area contributed by atoms with Gasteiger partial charge in [0.25, 0.3) is 0 Å².